The van der Waals surface area contributed by atoms with Crippen molar-refractivity contribution in [3.05, 3.63) is 65.7 Å². The summed E-state index contributed by atoms with van der Waals surface area (Å²) < 4.78 is 16.7. The smallest absolute Gasteiger partial charge is 0.254 e. The molecule has 0 unspecified atom stereocenters. The third-order valence-corrected chi connectivity index (χ3v) is 6.78. The van der Waals surface area contributed by atoms with Crippen molar-refractivity contribution in [2.45, 2.75) is 44.7 Å². The van der Waals surface area contributed by atoms with Gasteiger partial charge in [0, 0.05) is 37.9 Å². The standard InChI is InChI=1S/C28H35N3O4/c1-30(23-14-8-5-9-15-23)28-25(26(29-35-28)21-11-6-4-7-12-21)20-31(17-18-33-2)27(32)22-13-10-16-24(19-22)34-3/h4,6-7,10-13,16,19,23H,5,8-9,14-15,17-18,20H2,1-3H3. The monoisotopic (exact) mass is 477 g/mol. The molecule has 0 atom stereocenters. The molecule has 0 saturated heterocycles. The summed E-state index contributed by atoms with van der Waals surface area (Å²) in [5.74, 6) is 1.29. The Bertz CT molecular complexity index is 1090. The van der Waals surface area contributed by atoms with Crippen molar-refractivity contribution in [3.63, 3.8) is 0 Å². The Hall–Kier alpha value is -3.32. The van der Waals surface area contributed by atoms with Crippen LogP contribution >= 0.6 is 0 Å². The molecule has 186 valence electrons. The van der Waals surface area contributed by atoms with Crippen LogP contribution < -0.4 is 9.64 Å². The van der Waals surface area contributed by atoms with E-state index in [4.69, 9.17) is 14.0 Å². The van der Waals surface area contributed by atoms with Gasteiger partial charge in [0.25, 0.3) is 5.91 Å². The molecule has 1 saturated carbocycles. The van der Waals surface area contributed by atoms with E-state index in [0.29, 0.717) is 37.1 Å². The van der Waals surface area contributed by atoms with Gasteiger partial charge >= 0.3 is 0 Å². The van der Waals surface area contributed by atoms with Crippen molar-refractivity contribution < 1.29 is 18.8 Å². The van der Waals surface area contributed by atoms with Gasteiger partial charge in [-0.25, -0.2) is 0 Å². The number of hydrogen-bond donors (Lipinski definition) is 0. The fraction of sp³-hybridized carbons (Fsp3) is 0.429. The zero-order valence-corrected chi connectivity index (χ0v) is 20.9. The number of amides is 1. The Kier molecular flexibility index (Phi) is 8.42. The normalized spacial score (nSPS) is 14.0. The maximum Gasteiger partial charge on any atom is 0.254 e. The summed E-state index contributed by atoms with van der Waals surface area (Å²) in [4.78, 5) is 17.6. The summed E-state index contributed by atoms with van der Waals surface area (Å²) in [6.07, 6.45) is 5.99. The van der Waals surface area contributed by atoms with Gasteiger partial charge in [0.15, 0.2) is 0 Å². The molecular formula is C28H35N3O4. The highest BCUT2D eigenvalue weighted by molar-refractivity contribution is 5.94. The molecule has 1 fully saturated rings. The minimum absolute atomic E-state index is 0.0903. The van der Waals surface area contributed by atoms with Gasteiger partial charge in [-0.05, 0) is 31.0 Å². The lowest BCUT2D eigenvalue weighted by atomic mass is 9.94. The van der Waals surface area contributed by atoms with Gasteiger partial charge in [-0.15, -0.1) is 0 Å². The van der Waals surface area contributed by atoms with E-state index in [2.05, 4.69) is 17.1 Å². The Labute approximate surface area is 207 Å². The quantitative estimate of drug-likeness (QED) is 0.389. The number of hydrogen-bond acceptors (Lipinski definition) is 6. The van der Waals surface area contributed by atoms with Gasteiger partial charge in [-0.1, -0.05) is 60.8 Å². The molecule has 35 heavy (non-hydrogen) atoms. The zero-order valence-electron chi connectivity index (χ0n) is 20.9. The van der Waals surface area contributed by atoms with E-state index in [-0.39, 0.29) is 5.91 Å². The van der Waals surface area contributed by atoms with Gasteiger partial charge in [-0.3, -0.25) is 4.79 Å². The molecule has 0 radical (unpaired) electrons. The van der Waals surface area contributed by atoms with E-state index < -0.39 is 0 Å². The van der Waals surface area contributed by atoms with E-state index in [1.165, 1.54) is 19.3 Å². The maximum atomic E-state index is 13.6. The highest BCUT2D eigenvalue weighted by Crippen LogP contribution is 2.35. The number of carbonyl (C=O) groups is 1. The highest BCUT2D eigenvalue weighted by atomic mass is 16.5. The first-order valence-corrected chi connectivity index (χ1v) is 12.3. The molecule has 3 aromatic rings. The number of nitrogens with zero attached hydrogens (tertiary/aromatic N) is 3. The van der Waals surface area contributed by atoms with Crippen LogP contribution in [0.4, 0.5) is 5.88 Å². The van der Waals surface area contributed by atoms with E-state index >= 15 is 0 Å². The van der Waals surface area contributed by atoms with Gasteiger partial charge in [-0.2, -0.15) is 0 Å². The number of benzene rings is 2. The van der Waals surface area contributed by atoms with Crippen LogP contribution in [0.15, 0.2) is 59.1 Å². The number of methoxy groups -OCH3 is 2. The predicted octanol–water partition coefficient (Wildman–Crippen LogP) is 5.41. The molecule has 4 rings (SSSR count). The maximum absolute atomic E-state index is 13.6. The average Bonchev–Trinajstić information content (AvgIpc) is 3.34. The van der Waals surface area contributed by atoms with E-state index in [0.717, 1.165) is 35.5 Å². The minimum atomic E-state index is -0.0903. The lowest BCUT2D eigenvalue weighted by Gasteiger charge is -2.32. The minimum Gasteiger partial charge on any atom is -0.497 e. The number of aromatic nitrogens is 1. The number of anilines is 1. The Morgan fingerprint density at radius 1 is 1.06 bits per heavy atom. The molecule has 7 heteroatoms. The van der Waals surface area contributed by atoms with Crippen LogP contribution in [-0.4, -0.2) is 56.4 Å². The van der Waals surface area contributed by atoms with E-state index in [1.807, 2.05) is 48.5 Å². The van der Waals surface area contributed by atoms with Crippen LogP contribution in [-0.2, 0) is 11.3 Å². The van der Waals surface area contributed by atoms with Crippen LogP contribution in [0.25, 0.3) is 11.3 Å². The van der Waals surface area contributed by atoms with Crippen molar-refractivity contribution in [3.8, 4) is 17.0 Å². The molecular weight excluding hydrogens is 442 g/mol. The molecule has 0 bridgehead atoms. The van der Waals surface area contributed by atoms with Crippen LogP contribution in [0.3, 0.4) is 0 Å². The lowest BCUT2D eigenvalue weighted by molar-refractivity contribution is 0.0680. The van der Waals surface area contributed by atoms with Crippen molar-refractivity contribution in [1.29, 1.82) is 0 Å². The third-order valence-electron chi connectivity index (χ3n) is 6.78. The molecule has 7 nitrogen and oxygen atoms in total. The summed E-state index contributed by atoms with van der Waals surface area (Å²) >= 11 is 0. The van der Waals surface area contributed by atoms with Gasteiger partial charge < -0.3 is 23.8 Å². The van der Waals surface area contributed by atoms with Crippen molar-refractivity contribution in [2.24, 2.45) is 0 Å². The van der Waals surface area contributed by atoms with Gasteiger partial charge in [0.1, 0.15) is 11.4 Å². The predicted molar refractivity (Wildman–Crippen MR) is 137 cm³/mol. The summed E-state index contributed by atoms with van der Waals surface area (Å²) in [7, 11) is 5.33. The van der Waals surface area contributed by atoms with Crippen LogP contribution in [0.2, 0.25) is 0 Å². The second-order valence-corrected chi connectivity index (χ2v) is 9.04. The molecule has 2 aromatic carbocycles. The Balaban J connectivity index is 1.71. The summed E-state index contributed by atoms with van der Waals surface area (Å²) in [5, 5.41) is 4.49. The molecule has 1 amide bonds. The SMILES string of the molecule is COCCN(Cc1c(-c2ccccc2)noc1N(C)C1CCCCC1)C(=O)c1cccc(OC)c1. The largest absolute Gasteiger partial charge is 0.497 e. The number of ether oxygens (including phenoxy) is 2. The van der Waals surface area contributed by atoms with Crippen molar-refractivity contribution in [2.75, 3.05) is 39.3 Å². The summed E-state index contributed by atoms with van der Waals surface area (Å²) in [6.45, 7) is 1.23. The molecule has 1 aliphatic carbocycles. The second kappa shape index (κ2) is 11.9. The van der Waals surface area contributed by atoms with Crippen molar-refractivity contribution in [1.82, 2.24) is 10.1 Å². The second-order valence-electron chi connectivity index (χ2n) is 9.04. The summed E-state index contributed by atoms with van der Waals surface area (Å²) in [6, 6.07) is 17.7. The van der Waals surface area contributed by atoms with Gasteiger partial charge in [0.2, 0.25) is 5.88 Å². The molecule has 1 aromatic heterocycles. The summed E-state index contributed by atoms with van der Waals surface area (Å²) in [5.41, 5.74) is 3.22. The average molecular weight is 478 g/mol. The third kappa shape index (κ3) is 5.85. The fourth-order valence-electron chi connectivity index (χ4n) is 4.76. The Morgan fingerprint density at radius 2 is 1.83 bits per heavy atom. The van der Waals surface area contributed by atoms with Crippen LogP contribution in [0, 0.1) is 0 Å². The molecule has 0 aliphatic heterocycles. The van der Waals surface area contributed by atoms with E-state index in [9.17, 15) is 4.79 Å². The first-order chi connectivity index (χ1) is 17.1. The Morgan fingerprint density at radius 3 is 2.54 bits per heavy atom. The molecule has 1 aliphatic rings. The fourth-order valence-corrected chi connectivity index (χ4v) is 4.76. The number of carbonyl (C=O) groups excluding carboxylic acids is 1. The molecule has 0 spiro atoms. The van der Waals surface area contributed by atoms with Crippen molar-refractivity contribution >= 4 is 11.8 Å². The number of rotatable bonds is 10. The van der Waals surface area contributed by atoms with Crippen LogP contribution in [0.1, 0.15) is 48.0 Å². The lowest BCUT2D eigenvalue weighted by Crippen LogP contribution is -2.36. The topological polar surface area (TPSA) is 68.0 Å². The zero-order chi connectivity index (χ0) is 24.6. The van der Waals surface area contributed by atoms with Gasteiger partial charge in [0.05, 0.1) is 25.8 Å². The first kappa shape index (κ1) is 24.8. The van der Waals surface area contributed by atoms with E-state index in [1.54, 1.807) is 25.2 Å². The van der Waals surface area contributed by atoms with Crippen LogP contribution in [0.5, 0.6) is 5.75 Å². The molecule has 1 heterocycles. The molecule has 0 N–H and O–H groups in total. The highest BCUT2D eigenvalue weighted by Gasteiger charge is 2.29. The first-order valence-electron chi connectivity index (χ1n) is 12.3.